The van der Waals surface area contributed by atoms with E-state index in [-0.39, 0.29) is 11.8 Å². The summed E-state index contributed by atoms with van der Waals surface area (Å²) in [4.78, 5) is 29.4. The number of benzene rings is 1. The van der Waals surface area contributed by atoms with E-state index in [4.69, 9.17) is 0 Å². The van der Waals surface area contributed by atoms with E-state index in [1.165, 1.54) is 25.7 Å². The van der Waals surface area contributed by atoms with Gasteiger partial charge in [0.15, 0.2) is 0 Å². The molecule has 0 unspecified atom stereocenters. The van der Waals surface area contributed by atoms with Crippen LogP contribution in [0.15, 0.2) is 30.3 Å². The van der Waals surface area contributed by atoms with Crippen molar-refractivity contribution in [1.82, 2.24) is 9.80 Å². The van der Waals surface area contributed by atoms with Gasteiger partial charge in [0.1, 0.15) is 0 Å². The summed E-state index contributed by atoms with van der Waals surface area (Å²) in [5.41, 5.74) is 0.510. The Kier molecular flexibility index (Phi) is 6.00. The molecule has 0 spiro atoms. The SMILES string of the molecule is CC(C)(C(=O)N1CCN(C(=O)CCC2CCCC2)CC1)c1ccccc1. The molecule has 1 saturated heterocycles. The first-order valence-corrected chi connectivity index (χ1v) is 10.1. The number of nitrogens with zero attached hydrogens (tertiary/aromatic N) is 2. The van der Waals surface area contributed by atoms with Crippen molar-refractivity contribution in [1.29, 1.82) is 0 Å². The van der Waals surface area contributed by atoms with E-state index < -0.39 is 5.41 Å². The highest BCUT2D eigenvalue weighted by molar-refractivity contribution is 5.87. The van der Waals surface area contributed by atoms with Crippen molar-refractivity contribution in [3.05, 3.63) is 35.9 Å². The van der Waals surface area contributed by atoms with Crippen LogP contribution in [0, 0.1) is 5.92 Å². The predicted octanol–water partition coefficient (Wildman–Crippen LogP) is 3.61. The summed E-state index contributed by atoms with van der Waals surface area (Å²) >= 11 is 0. The average molecular weight is 357 g/mol. The zero-order chi connectivity index (χ0) is 18.6. The van der Waals surface area contributed by atoms with Crippen LogP contribution in [0.3, 0.4) is 0 Å². The minimum Gasteiger partial charge on any atom is -0.339 e. The summed E-state index contributed by atoms with van der Waals surface area (Å²) in [6.45, 7) is 6.60. The third-order valence-electron chi connectivity index (χ3n) is 6.19. The second kappa shape index (κ2) is 8.24. The molecule has 0 N–H and O–H groups in total. The molecular formula is C22H32N2O2. The van der Waals surface area contributed by atoms with Gasteiger partial charge in [-0.15, -0.1) is 0 Å². The highest BCUT2D eigenvalue weighted by Gasteiger charge is 2.35. The minimum atomic E-state index is -0.532. The van der Waals surface area contributed by atoms with Crippen LogP contribution >= 0.6 is 0 Å². The average Bonchev–Trinajstić information content (AvgIpc) is 3.20. The van der Waals surface area contributed by atoms with Gasteiger partial charge in [-0.05, 0) is 31.7 Å². The third kappa shape index (κ3) is 4.28. The highest BCUT2D eigenvalue weighted by atomic mass is 16.2. The lowest BCUT2D eigenvalue weighted by Gasteiger charge is -2.39. The summed E-state index contributed by atoms with van der Waals surface area (Å²) in [5.74, 6) is 1.18. The first-order valence-electron chi connectivity index (χ1n) is 10.1. The Labute approximate surface area is 157 Å². The van der Waals surface area contributed by atoms with E-state index in [0.717, 1.165) is 17.9 Å². The lowest BCUT2D eigenvalue weighted by atomic mass is 9.83. The number of amides is 2. The third-order valence-corrected chi connectivity index (χ3v) is 6.19. The van der Waals surface area contributed by atoms with Gasteiger partial charge in [-0.1, -0.05) is 56.0 Å². The van der Waals surface area contributed by atoms with Crippen molar-refractivity contribution < 1.29 is 9.59 Å². The number of piperazine rings is 1. The van der Waals surface area contributed by atoms with Gasteiger partial charge in [0.25, 0.3) is 0 Å². The lowest BCUT2D eigenvalue weighted by molar-refractivity contribution is -0.142. The maximum Gasteiger partial charge on any atom is 0.232 e. The molecule has 0 bridgehead atoms. The molecular weight excluding hydrogens is 324 g/mol. The van der Waals surface area contributed by atoms with E-state index in [9.17, 15) is 9.59 Å². The summed E-state index contributed by atoms with van der Waals surface area (Å²) in [7, 11) is 0. The fourth-order valence-corrected chi connectivity index (χ4v) is 4.32. The van der Waals surface area contributed by atoms with Crippen LogP contribution in [-0.4, -0.2) is 47.8 Å². The Bertz CT molecular complexity index is 612. The van der Waals surface area contributed by atoms with Gasteiger partial charge in [0, 0.05) is 32.6 Å². The fourth-order valence-electron chi connectivity index (χ4n) is 4.32. The van der Waals surface area contributed by atoms with Gasteiger partial charge in [0.2, 0.25) is 11.8 Å². The van der Waals surface area contributed by atoms with Gasteiger partial charge < -0.3 is 9.80 Å². The molecule has 1 aromatic rings. The zero-order valence-corrected chi connectivity index (χ0v) is 16.2. The smallest absolute Gasteiger partial charge is 0.232 e. The largest absolute Gasteiger partial charge is 0.339 e. The van der Waals surface area contributed by atoms with Crippen LogP contribution in [0.4, 0.5) is 0 Å². The Balaban J connectivity index is 1.49. The van der Waals surface area contributed by atoms with Crippen LogP contribution < -0.4 is 0 Å². The number of hydrogen-bond acceptors (Lipinski definition) is 2. The van der Waals surface area contributed by atoms with Crippen molar-refractivity contribution in [3.8, 4) is 0 Å². The monoisotopic (exact) mass is 356 g/mol. The molecule has 3 rings (SSSR count). The van der Waals surface area contributed by atoms with Crippen molar-refractivity contribution in [2.75, 3.05) is 26.2 Å². The van der Waals surface area contributed by atoms with E-state index in [1.54, 1.807) is 0 Å². The molecule has 1 heterocycles. The van der Waals surface area contributed by atoms with Gasteiger partial charge in [-0.3, -0.25) is 9.59 Å². The molecule has 1 aromatic carbocycles. The normalized spacial score (nSPS) is 19.0. The van der Waals surface area contributed by atoms with E-state index >= 15 is 0 Å². The minimum absolute atomic E-state index is 0.154. The van der Waals surface area contributed by atoms with Crippen molar-refractivity contribution in [2.24, 2.45) is 5.92 Å². The summed E-state index contributed by atoms with van der Waals surface area (Å²) < 4.78 is 0. The molecule has 2 fully saturated rings. The quantitative estimate of drug-likeness (QED) is 0.809. The van der Waals surface area contributed by atoms with Crippen molar-refractivity contribution >= 4 is 11.8 Å². The van der Waals surface area contributed by atoms with Crippen LogP contribution in [0.1, 0.15) is 57.9 Å². The first kappa shape index (κ1) is 18.9. The second-order valence-electron chi connectivity index (χ2n) is 8.35. The van der Waals surface area contributed by atoms with E-state index in [1.807, 2.05) is 54.0 Å². The maximum atomic E-state index is 13.0. The van der Waals surface area contributed by atoms with Crippen LogP contribution in [0.2, 0.25) is 0 Å². The Morgan fingerprint density at radius 2 is 1.54 bits per heavy atom. The van der Waals surface area contributed by atoms with Gasteiger partial charge in [0.05, 0.1) is 5.41 Å². The van der Waals surface area contributed by atoms with Crippen molar-refractivity contribution in [3.63, 3.8) is 0 Å². The molecule has 2 amide bonds. The van der Waals surface area contributed by atoms with Crippen LogP contribution in [0.25, 0.3) is 0 Å². The summed E-state index contributed by atoms with van der Waals surface area (Å²) in [6, 6.07) is 9.96. The molecule has 1 aliphatic carbocycles. The Morgan fingerprint density at radius 3 is 2.15 bits per heavy atom. The highest BCUT2D eigenvalue weighted by Crippen LogP contribution is 2.29. The molecule has 1 aliphatic heterocycles. The van der Waals surface area contributed by atoms with Gasteiger partial charge in [-0.2, -0.15) is 0 Å². The standard InChI is InChI=1S/C22H32N2O2/c1-22(2,19-10-4-3-5-11-19)21(26)24-16-14-23(15-17-24)20(25)13-12-18-8-6-7-9-18/h3-5,10-11,18H,6-9,12-17H2,1-2H3. The van der Waals surface area contributed by atoms with Crippen molar-refractivity contribution in [2.45, 2.75) is 57.8 Å². The van der Waals surface area contributed by atoms with E-state index in [0.29, 0.717) is 32.6 Å². The fraction of sp³-hybridized carbons (Fsp3) is 0.636. The topological polar surface area (TPSA) is 40.6 Å². The lowest BCUT2D eigenvalue weighted by Crippen LogP contribution is -2.54. The van der Waals surface area contributed by atoms with Gasteiger partial charge in [-0.25, -0.2) is 0 Å². The molecule has 26 heavy (non-hydrogen) atoms. The van der Waals surface area contributed by atoms with Crippen LogP contribution in [0.5, 0.6) is 0 Å². The molecule has 0 radical (unpaired) electrons. The van der Waals surface area contributed by atoms with Gasteiger partial charge >= 0.3 is 0 Å². The van der Waals surface area contributed by atoms with Crippen LogP contribution in [-0.2, 0) is 15.0 Å². The Morgan fingerprint density at radius 1 is 0.962 bits per heavy atom. The molecule has 2 aliphatic rings. The summed E-state index contributed by atoms with van der Waals surface area (Å²) in [6.07, 6.45) is 6.97. The number of rotatable bonds is 5. The van der Waals surface area contributed by atoms with E-state index in [2.05, 4.69) is 0 Å². The number of carbonyl (C=O) groups is 2. The zero-order valence-electron chi connectivity index (χ0n) is 16.2. The second-order valence-corrected chi connectivity index (χ2v) is 8.35. The molecule has 4 nitrogen and oxygen atoms in total. The molecule has 142 valence electrons. The number of carbonyl (C=O) groups excluding carboxylic acids is 2. The molecule has 1 saturated carbocycles. The molecule has 4 heteroatoms. The maximum absolute atomic E-state index is 13.0. The Hall–Kier alpha value is -1.84. The predicted molar refractivity (Wildman–Crippen MR) is 104 cm³/mol. The molecule has 0 atom stereocenters. The number of hydrogen-bond donors (Lipinski definition) is 0. The first-order chi connectivity index (χ1) is 12.5. The molecule has 0 aromatic heterocycles. The summed E-state index contributed by atoms with van der Waals surface area (Å²) in [5, 5.41) is 0.